The van der Waals surface area contributed by atoms with E-state index in [-0.39, 0.29) is 12.3 Å². The summed E-state index contributed by atoms with van der Waals surface area (Å²) in [7, 11) is 0. The molecule has 0 aliphatic heterocycles. The molecular formula is C17H20N2O2. The molecule has 0 fully saturated rings. The Kier molecular flexibility index (Phi) is 5.79. The molecule has 0 aliphatic carbocycles. The predicted molar refractivity (Wildman–Crippen MR) is 83.0 cm³/mol. The standard InChI is InChI=1S/C17H20N2O2/c18-17(20)12-15-8-4-5-9-16(15)21-11-10-19-13-14-6-2-1-3-7-14/h1-9,19H,10-13H2,(H2,18,20). The molecule has 0 radical (unpaired) electrons. The van der Waals surface area contributed by atoms with Gasteiger partial charge in [-0.2, -0.15) is 0 Å². The predicted octanol–water partition coefficient (Wildman–Crippen LogP) is 1.88. The maximum absolute atomic E-state index is 11.0. The van der Waals surface area contributed by atoms with Gasteiger partial charge in [-0.25, -0.2) is 0 Å². The molecule has 0 saturated carbocycles. The summed E-state index contributed by atoms with van der Waals surface area (Å²) in [5.74, 6) is 0.367. The first-order valence-electron chi connectivity index (χ1n) is 6.99. The van der Waals surface area contributed by atoms with Crippen LogP contribution < -0.4 is 15.8 Å². The molecule has 1 amide bonds. The highest BCUT2D eigenvalue weighted by atomic mass is 16.5. The van der Waals surface area contributed by atoms with Crippen LogP contribution in [0, 0.1) is 0 Å². The second-order valence-electron chi connectivity index (χ2n) is 4.76. The first-order chi connectivity index (χ1) is 10.3. The molecule has 21 heavy (non-hydrogen) atoms. The number of hydrogen-bond acceptors (Lipinski definition) is 3. The summed E-state index contributed by atoms with van der Waals surface area (Å²) in [5, 5.41) is 3.32. The van der Waals surface area contributed by atoms with E-state index in [4.69, 9.17) is 10.5 Å². The molecule has 110 valence electrons. The van der Waals surface area contributed by atoms with Crippen LogP contribution in [0.2, 0.25) is 0 Å². The van der Waals surface area contributed by atoms with Crippen LogP contribution in [0.4, 0.5) is 0 Å². The highest BCUT2D eigenvalue weighted by molar-refractivity contribution is 5.77. The molecule has 0 aliphatic rings. The van der Waals surface area contributed by atoms with E-state index in [0.717, 1.165) is 24.4 Å². The molecule has 0 unspecified atom stereocenters. The number of nitrogens with one attached hydrogen (secondary N) is 1. The largest absolute Gasteiger partial charge is 0.492 e. The van der Waals surface area contributed by atoms with Crippen LogP contribution in [0.15, 0.2) is 54.6 Å². The zero-order valence-electron chi connectivity index (χ0n) is 11.9. The van der Waals surface area contributed by atoms with Crippen LogP contribution in [0.25, 0.3) is 0 Å². The van der Waals surface area contributed by atoms with E-state index in [0.29, 0.717) is 6.61 Å². The number of carbonyl (C=O) groups excluding carboxylic acids is 1. The van der Waals surface area contributed by atoms with Gasteiger partial charge in [0.2, 0.25) is 5.91 Å². The van der Waals surface area contributed by atoms with Crippen molar-refractivity contribution in [2.75, 3.05) is 13.2 Å². The van der Waals surface area contributed by atoms with Crippen LogP contribution >= 0.6 is 0 Å². The van der Waals surface area contributed by atoms with Crippen LogP contribution in [0.5, 0.6) is 5.75 Å². The van der Waals surface area contributed by atoms with Crippen molar-refractivity contribution in [3.05, 3.63) is 65.7 Å². The van der Waals surface area contributed by atoms with Gasteiger partial charge in [-0.1, -0.05) is 48.5 Å². The molecule has 0 spiro atoms. The van der Waals surface area contributed by atoms with Crippen molar-refractivity contribution in [2.24, 2.45) is 5.73 Å². The number of amides is 1. The number of hydrogen-bond donors (Lipinski definition) is 2. The van der Waals surface area contributed by atoms with E-state index in [2.05, 4.69) is 17.4 Å². The van der Waals surface area contributed by atoms with E-state index in [1.165, 1.54) is 5.56 Å². The Hall–Kier alpha value is -2.33. The Bertz CT molecular complexity index is 570. The van der Waals surface area contributed by atoms with Crippen molar-refractivity contribution >= 4 is 5.91 Å². The first-order valence-corrected chi connectivity index (χ1v) is 6.99. The van der Waals surface area contributed by atoms with Crippen molar-refractivity contribution in [3.8, 4) is 5.75 Å². The van der Waals surface area contributed by atoms with Gasteiger partial charge in [-0.05, 0) is 11.6 Å². The zero-order chi connectivity index (χ0) is 14.9. The lowest BCUT2D eigenvalue weighted by Gasteiger charge is -2.11. The van der Waals surface area contributed by atoms with Crippen LogP contribution in [0.3, 0.4) is 0 Å². The van der Waals surface area contributed by atoms with Gasteiger partial charge in [0.25, 0.3) is 0 Å². The fourth-order valence-corrected chi connectivity index (χ4v) is 2.04. The zero-order valence-corrected chi connectivity index (χ0v) is 11.9. The fourth-order valence-electron chi connectivity index (χ4n) is 2.04. The van der Waals surface area contributed by atoms with Crippen molar-refractivity contribution in [1.29, 1.82) is 0 Å². The van der Waals surface area contributed by atoms with Crippen molar-refractivity contribution in [1.82, 2.24) is 5.32 Å². The lowest BCUT2D eigenvalue weighted by Crippen LogP contribution is -2.21. The van der Waals surface area contributed by atoms with Crippen LogP contribution in [-0.2, 0) is 17.8 Å². The van der Waals surface area contributed by atoms with E-state index in [1.54, 1.807) is 0 Å². The minimum atomic E-state index is -0.353. The molecule has 4 heteroatoms. The van der Waals surface area contributed by atoms with Crippen molar-refractivity contribution in [3.63, 3.8) is 0 Å². The Labute approximate surface area is 124 Å². The Morgan fingerprint density at radius 3 is 2.52 bits per heavy atom. The number of benzene rings is 2. The second-order valence-corrected chi connectivity index (χ2v) is 4.76. The van der Waals surface area contributed by atoms with Gasteiger partial charge < -0.3 is 15.8 Å². The lowest BCUT2D eigenvalue weighted by molar-refractivity contribution is -0.117. The number of primary amides is 1. The van der Waals surface area contributed by atoms with Crippen molar-refractivity contribution < 1.29 is 9.53 Å². The Morgan fingerprint density at radius 1 is 1.05 bits per heavy atom. The summed E-state index contributed by atoms with van der Waals surface area (Å²) >= 11 is 0. The van der Waals surface area contributed by atoms with Gasteiger partial charge in [0.15, 0.2) is 0 Å². The summed E-state index contributed by atoms with van der Waals surface area (Å²) in [6, 6.07) is 17.7. The first kappa shape index (κ1) is 15.1. The number of para-hydroxylation sites is 1. The number of nitrogens with two attached hydrogens (primary N) is 1. The van der Waals surface area contributed by atoms with Gasteiger partial charge >= 0.3 is 0 Å². The van der Waals surface area contributed by atoms with Gasteiger partial charge in [0, 0.05) is 18.7 Å². The van der Waals surface area contributed by atoms with Gasteiger partial charge in [0.05, 0.1) is 6.42 Å². The number of ether oxygens (including phenoxy) is 1. The highest BCUT2D eigenvalue weighted by Gasteiger charge is 2.05. The van der Waals surface area contributed by atoms with E-state index in [1.807, 2.05) is 42.5 Å². The average molecular weight is 284 g/mol. The SMILES string of the molecule is NC(=O)Cc1ccccc1OCCNCc1ccccc1. The van der Waals surface area contributed by atoms with Gasteiger partial charge in [-0.15, -0.1) is 0 Å². The molecule has 3 N–H and O–H groups in total. The molecule has 4 nitrogen and oxygen atoms in total. The maximum atomic E-state index is 11.0. The fraction of sp³-hybridized carbons (Fsp3) is 0.235. The summed E-state index contributed by atoms with van der Waals surface area (Å²) < 4.78 is 5.71. The molecule has 0 bridgehead atoms. The number of rotatable bonds is 8. The average Bonchev–Trinajstić information content (AvgIpc) is 2.49. The lowest BCUT2D eigenvalue weighted by atomic mass is 10.1. The van der Waals surface area contributed by atoms with Crippen molar-refractivity contribution in [2.45, 2.75) is 13.0 Å². The monoisotopic (exact) mass is 284 g/mol. The highest BCUT2D eigenvalue weighted by Crippen LogP contribution is 2.18. The molecule has 2 rings (SSSR count). The van der Waals surface area contributed by atoms with Crippen LogP contribution in [0.1, 0.15) is 11.1 Å². The minimum absolute atomic E-state index is 0.202. The summed E-state index contributed by atoms with van der Waals surface area (Å²) in [5.41, 5.74) is 7.30. The van der Waals surface area contributed by atoms with Gasteiger partial charge in [0.1, 0.15) is 12.4 Å². The van der Waals surface area contributed by atoms with E-state index >= 15 is 0 Å². The summed E-state index contributed by atoms with van der Waals surface area (Å²) in [6.45, 7) is 2.09. The topological polar surface area (TPSA) is 64.4 Å². The van der Waals surface area contributed by atoms with E-state index < -0.39 is 0 Å². The molecular weight excluding hydrogens is 264 g/mol. The molecule has 0 aromatic heterocycles. The minimum Gasteiger partial charge on any atom is -0.492 e. The Balaban J connectivity index is 1.75. The number of carbonyl (C=O) groups is 1. The summed E-state index contributed by atoms with van der Waals surface area (Å²) in [4.78, 5) is 11.0. The third-order valence-corrected chi connectivity index (χ3v) is 3.05. The second kappa shape index (κ2) is 8.07. The molecule has 0 heterocycles. The van der Waals surface area contributed by atoms with Crippen LogP contribution in [-0.4, -0.2) is 19.1 Å². The summed E-state index contributed by atoms with van der Waals surface area (Å²) in [6.07, 6.45) is 0.202. The third-order valence-electron chi connectivity index (χ3n) is 3.05. The molecule has 0 atom stereocenters. The smallest absolute Gasteiger partial charge is 0.221 e. The quantitative estimate of drug-likeness (QED) is 0.728. The molecule has 0 saturated heterocycles. The molecule has 2 aromatic rings. The Morgan fingerprint density at radius 2 is 1.76 bits per heavy atom. The molecule has 2 aromatic carbocycles. The normalized spacial score (nSPS) is 10.3. The van der Waals surface area contributed by atoms with Gasteiger partial charge in [-0.3, -0.25) is 4.79 Å². The maximum Gasteiger partial charge on any atom is 0.221 e. The van der Waals surface area contributed by atoms with E-state index in [9.17, 15) is 4.79 Å². The third kappa shape index (κ3) is 5.28.